The van der Waals surface area contributed by atoms with E-state index in [1.165, 1.54) is 18.2 Å². The van der Waals surface area contributed by atoms with Gasteiger partial charge in [0.1, 0.15) is 11.8 Å². The average Bonchev–Trinajstić information content (AvgIpc) is 2.82. The Morgan fingerprint density at radius 3 is 2.42 bits per heavy atom. The van der Waals surface area contributed by atoms with Crippen molar-refractivity contribution in [2.75, 3.05) is 4.90 Å². The van der Waals surface area contributed by atoms with Gasteiger partial charge in [-0.1, -0.05) is 25.1 Å². The topological polar surface area (TPSA) is 98.1 Å². The number of carboxylic acid groups (broad SMARTS) is 1. The first kappa shape index (κ1) is 17.8. The van der Waals surface area contributed by atoms with Crippen LogP contribution in [0.4, 0.5) is 14.5 Å². The van der Waals surface area contributed by atoms with Gasteiger partial charge in [-0.3, -0.25) is 9.69 Å². The molecule has 0 fully saturated rings. The average molecular weight is 363 g/mol. The minimum absolute atomic E-state index is 0.0222. The van der Waals surface area contributed by atoms with Gasteiger partial charge in [-0.2, -0.15) is 0 Å². The molecule has 1 aliphatic rings. The van der Waals surface area contributed by atoms with Crippen LogP contribution in [-0.4, -0.2) is 33.2 Å². The molecule has 2 aromatic carbocycles. The Labute approximate surface area is 146 Å². The number of carbonyl (C=O) groups excluding carboxylic acids is 1. The van der Waals surface area contributed by atoms with Crippen LogP contribution in [0.5, 0.6) is 5.75 Å². The molecule has 0 spiro atoms. The summed E-state index contributed by atoms with van der Waals surface area (Å²) in [6.45, 7) is 1.56. The minimum Gasteiger partial charge on any atom is -0.507 e. The first-order valence-corrected chi connectivity index (χ1v) is 7.80. The summed E-state index contributed by atoms with van der Waals surface area (Å²) in [5.41, 5.74) is -3.00. The Hall–Kier alpha value is -3.00. The molecule has 0 aliphatic carbocycles. The monoisotopic (exact) mass is 363 g/mol. The number of carboxylic acids is 1. The largest absolute Gasteiger partial charge is 0.507 e. The van der Waals surface area contributed by atoms with Crippen LogP contribution in [0.1, 0.15) is 24.5 Å². The van der Waals surface area contributed by atoms with Gasteiger partial charge in [0.25, 0.3) is 5.91 Å². The van der Waals surface area contributed by atoms with Crippen LogP contribution in [-0.2, 0) is 15.2 Å². The molecular formula is C18H15F2NO5. The van der Waals surface area contributed by atoms with Crippen LogP contribution in [0.2, 0.25) is 0 Å². The fraction of sp³-hybridized carbons (Fsp3) is 0.222. The van der Waals surface area contributed by atoms with Crippen molar-refractivity contribution >= 4 is 17.6 Å². The zero-order valence-electron chi connectivity index (χ0n) is 13.6. The normalized spacial score (nSPS) is 20.2. The highest BCUT2D eigenvalue weighted by Gasteiger charge is 2.55. The van der Waals surface area contributed by atoms with Crippen molar-refractivity contribution in [1.82, 2.24) is 0 Å². The third-order valence-corrected chi connectivity index (χ3v) is 4.49. The number of fused-ring (bicyclic) bond motifs is 1. The van der Waals surface area contributed by atoms with E-state index in [1.807, 2.05) is 0 Å². The molecule has 0 saturated heterocycles. The van der Waals surface area contributed by atoms with Crippen LogP contribution in [0, 0.1) is 11.6 Å². The summed E-state index contributed by atoms with van der Waals surface area (Å²) in [6.07, 6.45) is 0.0508. The Kier molecular flexibility index (Phi) is 4.15. The highest BCUT2D eigenvalue weighted by molar-refractivity contribution is 6.12. The van der Waals surface area contributed by atoms with Gasteiger partial charge in [0.2, 0.25) is 5.60 Å². The van der Waals surface area contributed by atoms with Gasteiger partial charge in [-0.25, -0.2) is 13.6 Å². The van der Waals surface area contributed by atoms with Crippen LogP contribution in [0.25, 0.3) is 0 Å². The van der Waals surface area contributed by atoms with E-state index in [-0.39, 0.29) is 17.7 Å². The summed E-state index contributed by atoms with van der Waals surface area (Å²) >= 11 is 0. The summed E-state index contributed by atoms with van der Waals surface area (Å²) < 4.78 is 27.1. The van der Waals surface area contributed by atoms with E-state index in [2.05, 4.69) is 0 Å². The number of para-hydroxylation sites is 1. The van der Waals surface area contributed by atoms with Crippen LogP contribution in [0.3, 0.4) is 0 Å². The molecule has 26 heavy (non-hydrogen) atoms. The van der Waals surface area contributed by atoms with Crippen molar-refractivity contribution < 1.29 is 33.7 Å². The number of nitrogens with zero attached hydrogens (tertiary/aromatic N) is 1. The number of halogens is 2. The lowest BCUT2D eigenvalue weighted by molar-refractivity contribution is -0.142. The number of phenolic OH excluding ortho intramolecular Hbond substituents is 1. The molecule has 0 aromatic heterocycles. The summed E-state index contributed by atoms with van der Waals surface area (Å²) in [5, 5.41) is 30.6. The van der Waals surface area contributed by atoms with Gasteiger partial charge in [0.05, 0.1) is 5.69 Å². The predicted molar refractivity (Wildman–Crippen MR) is 86.7 cm³/mol. The van der Waals surface area contributed by atoms with Crippen LogP contribution < -0.4 is 4.90 Å². The number of hydrogen-bond donors (Lipinski definition) is 3. The SMILES string of the molecule is CCC(C(=O)O)N1C(=O)C(O)(c2cc(F)c(F)cc2O)c2ccccc21. The van der Waals surface area contributed by atoms with Crippen molar-refractivity contribution in [2.45, 2.75) is 25.0 Å². The van der Waals surface area contributed by atoms with Crippen molar-refractivity contribution in [3.63, 3.8) is 0 Å². The maximum Gasteiger partial charge on any atom is 0.326 e. The van der Waals surface area contributed by atoms with Crippen molar-refractivity contribution in [3.8, 4) is 5.75 Å². The number of hydrogen-bond acceptors (Lipinski definition) is 4. The lowest BCUT2D eigenvalue weighted by Gasteiger charge is -2.27. The number of benzene rings is 2. The number of phenols is 1. The number of aromatic hydroxyl groups is 1. The number of aliphatic carboxylic acids is 1. The molecule has 0 saturated carbocycles. The number of anilines is 1. The van der Waals surface area contributed by atoms with Crippen LogP contribution in [0.15, 0.2) is 36.4 Å². The van der Waals surface area contributed by atoms with E-state index in [0.717, 1.165) is 4.90 Å². The third-order valence-electron chi connectivity index (χ3n) is 4.49. The van der Waals surface area contributed by atoms with Crippen molar-refractivity contribution in [3.05, 3.63) is 59.2 Å². The highest BCUT2D eigenvalue weighted by Crippen LogP contribution is 2.48. The number of carbonyl (C=O) groups is 2. The lowest BCUT2D eigenvalue weighted by atomic mass is 9.86. The zero-order valence-corrected chi connectivity index (χ0v) is 13.6. The van der Waals surface area contributed by atoms with Gasteiger partial charge in [-0.05, 0) is 18.6 Å². The number of rotatable bonds is 4. The van der Waals surface area contributed by atoms with E-state index in [9.17, 15) is 33.7 Å². The molecule has 0 radical (unpaired) electrons. The van der Waals surface area contributed by atoms with E-state index in [4.69, 9.17) is 0 Å². The highest BCUT2D eigenvalue weighted by atomic mass is 19.2. The smallest absolute Gasteiger partial charge is 0.326 e. The molecule has 3 N–H and O–H groups in total. The summed E-state index contributed by atoms with van der Waals surface area (Å²) in [5.74, 6) is -5.87. The van der Waals surface area contributed by atoms with Crippen molar-refractivity contribution in [1.29, 1.82) is 0 Å². The molecule has 136 valence electrons. The zero-order chi connectivity index (χ0) is 19.2. The molecule has 0 bridgehead atoms. The van der Waals surface area contributed by atoms with Gasteiger partial charge >= 0.3 is 5.97 Å². The van der Waals surface area contributed by atoms with E-state index < -0.39 is 46.5 Å². The first-order valence-electron chi connectivity index (χ1n) is 7.80. The molecule has 2 aromatic rings. The van der Waals surface area contributed by atoms with Gasteiger partial charge in [0.15, 0.2) is 11.6 Å². The number of aliphatic hydroxyl groups is 1. The van der Waals surface area contributed by atoms with E-state index >= 15 is 0 Å². The maximum atomic E-state index is 13.7. The van der Waals surface area contributed by atoms with E-state index in [0.29, 0.717) is 12.1 Å². The molecule has 1 heterocycles. The second kappa shape index (κ2) is 6.06. The fourth-order valence-electron chi connectivity index (χ4n) is 3.25. The molecule has 2 atom stereocenters. The van der Waals surface area contributed by atoms with Gasteiger partial charge in [0, 0.05) is 17.2 Å². The quantitative estimate of drug-likeness (QED) is 0.773. The Morgan fingerprint density at radius 1 is 1.19 bits per heavy atom. The Morgan fingerprint density at radius 2 is 1.81 bits per heavy atom. The van der Waals surface area contributed by atoms with Crippen molar-refractivity contribution in [2.24, 2.45) is 0 Å². The lowest BCUT2D eigenvalue weighted by Crippen LogP contribution is -2.48. The van der Waals surface area contributed by atoms with E-state index in [1.54, 1.807) is 13.0 Å². The van der Waals surface area contributed by atoms with Crippen LogP contribution >= 0.6 is 0 Å². The summed E-state index contributed by atoms with van der Waals surface area (Å²) in [7, 11) is 0. The van der Waals surface area contributed by atoms with Gasteiger partial charge < -0.3 is 15.3 Å². The van der Waals surface area contributed by atoms with Gasteiger partial charge in [-0.15, -0.1) is 0 Å². The summed E-state index contributed by atoms with van der Waals surface area (Å²) in [4.78, 5) is 25.5. The molecule has 1 aliphatic heterocycles. The Bertz CT molecular complexity index is 916. The third kappa shape index (κ3) is 2.33. The molecule has 8 heteroatoms. The molecule has 6 nitrogen and oxygen atoms in total. The molecule has 1 amide bonds. The standard InChI is InChI=1S/C18H15F2NO5/c1-2-13(16(23)24)21-14-6-4-3-5-9(14)18(26,17(21)25)10-7-11(19)12(20)8-15(10)22/h3-8,13,22,26H,2H2,1H3,(H,23,24). The molecule has 3 rings (SSSR count). The molecular weight excluding hydrogens is 348 g/mol. The maximum absolute atomic E-state index is 13.7. The number of amides is 1. The second-order valence-electron chi connectivity index (χ2n) is 5.95. The summed E-state index contributed by atoms with van der Waals surface area (Å²) in [6, 6.07) is 5.56. The Balaban J connectivity index is 2.28. The fourth-order valence-corrected chi connectivity index (χ4v) is 3.25. The first-order chi connectivity index (χ1) is 12.2. The predicted octanol–water partition coefficient (Wildman–Crippen LogP) is 2.12. The second-order valence-corrected chi connectivity index (χ2v) is 5.95. The minimum atomic E-state index is -2.54. The molecule has 2 unspecified atom stereocenters.